The minimum atomic E-state index is -0.404. The number of thioether (sulfide) groups is 1. The normalized spacial score (nSPS) is 10.1. The zero-order valence-corrected chi connectivity index (χ0v) is 16.1. The quantitative estimate of drug-likeness (QED) is 0.622. The molecule has 0 radical (unpaired) electrons. The van der Waals surface area contributed by atoms with Crippen LogP contribution < -0.4 is 0 Å². The molecule has 2 rings (SSSR count). The first-order valence-electron chi connectivity index (χ1n) is 8.66. The first-order chi connectivity index (χ1) is 13.1. The van der Waals surface area contributed by atoms with Crippen LogP contribution in [0.25, 0.3) is 0 Å². The Morgan fingerprint density at radius 2 is 1.78 bits per heavy atom. The Hall–Kier alpha value is -2.78. The van der Waals surface area contributed by atoms with Gasteiger partial charge in [-0.1, -0.05) is 42.5 Å². The van der Waals surface area contributed by atoms with Crippen LogP contribution >= 0.6 is 11.8 Å². The highest BCUT2D eigenvalue weighted by atomic mass is 32.2. The van der Waals surface area contributed by atoms with Gasteiger partial charge in [-0.05, 0) is 30.2 Å². The van der Waals surface area contributed by atoms with Gasteiger partial charge in [-0.25, -0.2) is 0 Å². The van der Waals surface area contributed by atoms with Gasteiger partial charge in [-0.2, -0.15) is 5.26 Å². The van der Waals surface area contributed by atoms with E-state index in [1.165, 1.54) is 16.7 Å². The second-order valence-electron chi connectivity index (χ2n) is 5.84. The van der Waals surface area contributed by atoms with Crippen molar-refractivity contribution in [1.29, 1.82) is 5.26 Å². The number of benzene rings is 2. The van der Waals surface area contributed by atoms with Gasteiger partial charge in [0.1, 0.15) is 6.54 Å². The molecular formula is C21H22N2O3S. The highest BCUT2D eigenvalue weighted by Gasteiger charge is 2.18. The number of hydrogen-bond donors (Lipinski definition) is 0. The van der Waals surface area contributed by atoms with E-state index in [4.69, 9.17) is 10.00 Å². The Morgan fingerprint density at radius 3 is 2.41 bits per heavy atom. The van der Waals surface area contributed by atoms with Gasteiger partial charge in [0.2, 0.25) is 5.91 Å². The molecular weight excluding hydrogens is 360 g/mol. The van der Waals surface area contributed by atoms with Crippen LogP contribution in [0.3, 0.4) is 0 Å². The average Bonchev–Trinajstić information content (AvgIpc) is 2.69. The van der Waals surface area contributed by atoms with E-state index in [0.29, 0.717) is 24.5 Å². The summed E-state index contributed by atoms with van der Waals surface area (Å²) in [6.45, 7) is 2.35. The molecule has 0 saturated carbocycles. The third kappa shape index (κ3) is 7.16. The number of rotatable bonds is 9. The van der Waals surface area contributed by atoms with Crippen molar-refractivity contribution in [2.45, 2.75) is 19.2 Å². The van der Waals surface area contributed by atoms with Gasteiger partial charge >= 0.3 is 5.97 Å². The number of nitrogens with zero attached hydrogens (tertiary/aromatic N) is 2. The first kappa shape index (κ1) is 20.5. The summed E-state index contributed by atoms with van der Waals surface area (Å²) in [5.41, 5.74) is 2.63. The summed E-state index contributed by atoms with van der Waals surface area (Å²) in [5, 5.41) is 8.83. The highest BCUT2D eigenvalue weighted by Crippen LogP contribution is 2.15. The van der Waals surface area contributed by atoms with E-state index in [1.54, 1.807) is 19.1 Å². The predicted molar refractivity (Wildman–Crippen MR) is 106 cm³/mol. The molecule has 0 aromatic heterocycles. The number of hydrogen-bond acceptors (Lipinski definition) is 5. The van der Waals surface area contributed by atoms with Crippen molar-refractivity contribution in [3.05, 3.63) is 71.3 Å². The monoisotopic (exact) mass is 382 g/mol. The molecule has 0 spiro atoms. The molecule has 27 heavy (non-hydrogen) atoms. The summed E-state index contributed by atoms with van der Waals surface area (Å²) in [7, 11) is 0. The van der Waals surface area contributed by atoms with Crippen LogP contribution in [0.2, 0.25) is 0 Å². The minimum absolute atomic E-state index is 0.0566. The smallest absolute Gasteiger partial charge is 0.325 e. The van der Waals surface area contributed by atoms with Crippen molar-refractivity contribution in [3.63, 3.8) is 0 Å². The molecule has 0 saturated heterocycles. The van der Waals surface area contributed by atoms with E-state index < -0.39 is 5.97 Å². The molecule has 6 heteroatoms. The SMILES string of the molecule is CCOC(=O)CN(Cc1ccccc1)C(=O)CSCc1ccc(C#N)cc1. The molecule has 0 fully saturated rings. The van der Waals surface area contributed by atoms with Crippen LogP contribution in [0.4, 0.5) is 0 Å². The van der Waals surface area contributed by atoms with Crippen LogP contribution in [-0.2, 0) is 26.6 Å². The lowest BCUT2D eigenvalue weighted by Gasteiger charge is -2.22. The molecule has 0 aliphatic carbocycles. The number of carbonyl (C=O) groups is 2. The lowest BCUT2D eigenvalue weighted by molar-refractivity contribution is -0.148. The maximum atomic E-state index is 12.6. The second-order valence-corrected chi connectivity index (χ2v) is 6.83. The third-order valence-electron chi connectivity index (χ3n) is 3.77. The summed E-state index contributed by atoms with van der Waals surface area (Å²) < 4.78 is 4.99. The van der Waals surface area contributed by atoms with Gasteiger partial charge in [-0.15, -0.1) is 11.8 Å². The van der Waals surface area contributed by atoms with E-state index in [-0.39, 0.29) is 18.2 Å². The summed E-state index contributed by atoms with van der Waals surface area (Å²) >= 11 is 1.48. The van der Waals surface area contributed by atoms with Crippen molar-refractivity contribution in [1.82, 2.24) is 4.90 Å². The lowest BCUT2D eigenvalue weighted by Crippen LogP contribution is -2.37. The molecule has 2 aromatic carbocycles. The number of nitriles is 1. The summed E-state index contributed by atoms with van der Waals surface area (Å²) in [4.78, 5) is 26.0. The zero-order chi connectivity index (χ0) is 19.5. The minimum Gasteiger partial charge on any atom is -0.465 e. The van der Waals surface area contributed by atoms with Crippen molar-refractivity contribution in [2.75, 3.05) is 18.9 Å². The highest BCUT2D eigenvalue weighted by molar-refractivity contribution is 7.99. The van der Waals surface area contributed by atoms with E-state index >= 15 is 0 Å². The van der Waals surface area contributed by atoms with Gasteiger partial charge in [0.15, 0.2) is 0 Å². The van der Waals surface area contributed by atoms with Crippen molar-refractivity contribution < 1.29 is 14.3 Å². The second kappa shape index (κ2) is 11.0. The molecule has 0 aliphatic rings. The maximum absolute atomic E-state index is 12.6. The Bertz CT molecular complexity index is 785. The van der Waals surface area contributed by atoms with E-state index in [1.807, 2.05) is 42.5 Å². The summed E-state index contributed by atoms with van der Waals surface area (Å²) in [6, 6.07) is 19.0. The average molecular weight is 382 g/mol. The topological polar surface area (TPSA) is 70.4 Å². The molecule has 0 bridgehead atoms. The van der Waals surface area contributed by atoms with E-state index in [2.05, 4.69) is 6.07 Å². The molecule has 0 heterocycles. The number of ether oxygens (including phenoxy) is 1. The van der Waals surface area contributed by atoms with E-state index in [0.717, 1.165) is 11.1 Å². The van der Waals surface area contributed by atoms with Crippen LogP contribution in [0.5, 0.6) is 0 Å². The van der Waals surface area contributed by atoms with Crippen LogP contribution in [-0.4, -0.2) is 35.7 Å². The summed E-state index contributed by atoms with van der Waals surface area (Å²) in [5.74, 6) is 0.423. The largest absolute Gasteiger partial charge is 0.465 e. The Morgan fingerprint density at radius 1 is 1.07 bits per heavy atom. The Labute approximate surface area is 163 Å². The van der Waals surface area contributed by atoms with Crippen molar-refractivity contribution >= 4 is 23.6 Å². The van der Waals surface area contributed by atoms with E-state index in [9.17, 15) is 9.59 Å². The van der Waals surface area contributed by atoms with Crippen LogP contribution in [0.1, 0.15) is 23.6 Å². The third-order valence-corrected chi connectivity index (χ3v) is 4.76. The van der Waals surface area contributed by atoms with Crippen molar-refractivity contribution in [2.24, 2.45) is 0 Å². The predicted octanol–water partition coefficient (Wildman–Crippen LogP) is 3.38. The molecule has 0 N–H and O–H groups in total. The van der Waals surface area contributed by atoms with Gasteiger partial charge in [0, 0.05) is 12.3 Å². The lowest BCUT2D eigenvalue weighted by atomic mass is 10.2. The number of amides is 1. The standard InChI is InChI=1S/C21H22N2O3S/c1-2-26-21(25)14-23(13-18-6-4-3-5-7-18)20(24)16-27-15-19-10-8-17(12-22)9-11-19/h3-11H,2,13-16H2,1H3. The number of esters is 1. The fourth-order valence-corrected chi connectivity index (χ4v) is 3.31. The zero-order valence-electron chi connectivity index (χ0n) is 15.3. The Balaban J connectivity index is 1.93. The molecule has 1 amide bonds. The molecule has 0 aliphatic heterocycles. The molecule has 5 nitrogen and oxygen atoms in total. The fraction of sp³-hybridized carbons (Fsp3) is 0.286. The molecule has 0 unspecified atom stereocenters. The van der Waals surface area contributed by atoms with Crippen LogP contribution in [0.15, 0.2) is 54.6 Å². The molecule has 140 valence electrons. The van der Waals surface area contributed by atoms with Crippen LogP contribution in [0, 0.1) is 11.3 Å². The molecule has 0 atom stereocenters. The Kier molecular flexibility index (Phi) is 8.40. The van der Waals surface area contributed by atoms with Gasteiger partial charge in [0.05, 0.1) is 24.0 Å². The van der Waals surface area contributed by atoms with Gasteiger partial charge in [0.25, 0.3) is 0 Å². The van der Waals surface area contributed by atoms with Crippen molar-refractivity contribution in [3.8, 4) is 6.07 Å². The number of carbonyl (C=O) groups excluding carboxylic acids is 2. The first-order valence-corrected chi connectivity index (χ1v) is 9.82. The van der Waals surface area contributed by atoms with Gasteiger partial charge < -0.3 is 9.64 Å². The van der Waals surface area contributed by atoms with Gasteiger partial charge in [-0.3, -0.25) is 9.59 Å². The fourth-order valence-electron chi connectivity index (χ4n) is 2.42. The molecule has 2 aromatic rings. The maximum Gasteiger partial charge on any atom is 0.325 e. The summed E-state index contributed by atoms with van der Waals surface area (Å²) in [6.07, 6.45) is 0.